The van der Waals surface area contributed by atoms with Gasteiger partial charge in [-0.15, -0.1) is 22.0 Å². The van der Waals surface area contributed by atoms with Crippen LogP contribution in [0, 0.1) is 12.7 Å². The van der Waals surface area contributed by atoms with Crippen molar-refractivity contribution in [1.29, 1.82) is 0 Å². The van der Waals surface area contributed by atoms with Crippen molar-refractivity contribution in [2.75, 3.05) is 23.9 Å². The quantitative estimate of drug-likeness (QED) is 0.333. The summed E-state index contributed by atoms with van der Waals surface area (Å²) in [4.78, 5) is 13.2. The molecule has 3 aromatic rings. The van der Waals surface area contributed by atoms with Crippen molar-refractivity contribution >= 4 is 29.4 Å². The Hall–Kier alpha value is -2.52. The first-order chi connectivity index (χ1) is 13.5. The van der Waals surface area contributed by atoms with E-state index >= 15 is 0 Å². The standard InChI is InChI=1S/C19H20FN5OS2/c1-13-2-8-16(9-3-13)27-11-10-22-17(26)12-28-19-24-23-18(25(19)21)14-4-6-15(20)7-5-14/h2-9H,10-12,21H2,1H3,(H,22,26). The Morgan fingerprint density at radius 2 is 1.82 bits per heavy atom. The fraction of sp³-hybridized carbons (Fsp3) is 0.211. The summed E-state index contributed by atoms with van der Waals surface area (Å²) in [5, 5.41) is 11.3. The molecule has 0 fully saturated rings. The molecular weight excluding hydrogens is 397 g/mol. The number of carbonyl (C=O) groups excluding carboxylic acids is 1. The van der Waals surface area contributed by atoms with Gasteiger partial charge in [0.25, 0.3) is 0 Å². The summed E-state index contributed by atoms with van der Waals surface area (Å²) in [5.41, 5.74) is 1.88. The van der Waals surface area contributed by atoms with Gasteiger partial charge in [0.1, 0.15) is 5.82 Å². The normalized spacial score (nSPS) is 10.8. The molecule has 0 aliphatic carbocycles. The number of halogens is 1. The summed E-state index contributed by atoms with van der Waals surface area (Å²) in [6, 6.07) is 14.1. The van der Waals surface area contributed by atoms with E-state index in [1.54, 1.807) is 23.9 Å². The lowest BCUT2D eigenvalue weighted by molar-refractivity contribution is -0.118. The Bertz CT molecular complexity index is 929. The molecule has 1 aromatic heterocycles. The number of rotatable bonds is 8. The van der Waals surface area contributed by atoms with Gasteiger partial charge in [0.2, 0.25) is 11.1 Å². The van der Waals surface area contributed by atoms with Crippen LogP contribution in [0.3, 0.4) is 0 Å². The largest absolute Gasteiger partial charge is 0.355 e. The van der Waals surface area contributed by atoms with Crippen LogP contribution < -0.4 is 11.2 Å². The summed E-state index contributed by atoms with van der Waals surface area (Å²) in [5.74, 6) is 6.96. The molecule has 146 valence electrons. The van der Waals surface area contributed by atoms with Crippen molar-refractivity contribution < 1.29 is 9.18 Å². The molecule has 0 unspecified atom stereocenters. The molecule has 6 nitrogen and oxygen atoms in total. The van der Waals surface area contributed by atoms with E-state index in [1.165, 1.54) is 39.0 Å². The molecule has 0 aliphatic rings. The van der Waals surface area contributed by atoms with E-state index in [1.807, 2.05) is 0 Å². The highest BCUT2D eigenvalue weighted by atomic mass is 32.2. The topological polar surface area (TPSA) is 85.8 Å². The highest BCUT2D eigenvalue weighted by Gasteiger charge is 2.13. The number of benzene rings is 2. The van der Waals surface area contributed by atoms with Crippen LogP contribution in [0.2, 0.25) is 0 Å². The molecule has 3 N–H and O–H groups in total. The second-order valence-electron chi connectivity index (χ2n) is 5.98. The van der Waals surface area contributed by atoms with Gasteiger partial charge in [0.05, 0.1) is 5.75 Å². The number of thioether (sulfide) groups is 2. The number of carbonyl (C=O) groups is 1. The van der Waals surface area contributed by atoms with Gasteiger partial charge >= 0.3 is 0 Å². The summed E-state index contributed by atoms with van der Waals surface area (Å²) >= 11 is 2.90. The summed E-state index contributed by atoms with van der Waals surface area (Å²) in [6.45, 7) is 2.63. The Morgan fingerprint density at radius 3 is 2.54 bits per heavy atom. The second kappa shape index (κ2) is 9.61. The van der Waals surface area contributed by atoms with Gasteiger partial charge in [0.15, 0.2) is 5.82 Å². The maximum atomic E-state index is 13.0. The molecule has 0 bridgehead atoms. The number of aryl methyl sites for hydroxylation is 1. The number of nitrogens with two attached hydrogens (primary N) is 1. The third-order valence-electron chi connectivity index (χ3n) is 3.81. The van der Waals surface area contributed by atoms with E-state index in [2.05, 4.69) is 46.7 Å². The van der Waals surface area contributed by atoms with E-state index in [4.69, 9.17) is 5.84 Å². The summed E-state index contributed by atoms with van der Waals surface area (Å²) < 4.78 is 14.3. The molecule has 3 rings (SSSR count). The van der Waals surface area contributed by atoms with Crippen molar-refractivity contribution in [3.05, 3.63) is 59.9 Å². The molecule has 0 radical (unpaired) electrons. The third-order valence-corrected chi connectivity index (χ3v) is 5.77. The number of nitrogen functional groups attached to an aromatic ring is 1. The Labute approximate surface area is 171 Å². The van der Waals surface area contributed by atoms with Crippen molar-refractivity contribution in [1.82, 2.24) is 20.2 Å². The maximum Gasteiger partial charge on any atom is 0.230 e. The highest BCUT2D eigenvalue weighted by Crippen LogP contribution is 2.21. The van der Waals surface area contributed by atoms with Crippen LogP contribution in [-0.4, -0.2) is 38.8 Å². The Morgan fingerprint density at radius 1 is 1.11 bits per heavy atom. The predicted molar refractivity (Wildman–Crippen MR) is 111 cm³/mol. The van der Waals surface area contributed by atoms with Crippen LogP contribution in [0.15, 0.2) is 58.6 Å². The molecular formula is C19H20FN5OS2. The van der Waals surface area contributed by atoms with Crippen molar-refractivity contribution in [2.45, 2.75) is 17.0 Å². The number of aromatic nitrogens is 3. The van der Waals surface area contributed by atoms with Crippen LogP contribution in [0.4, 0.5) is 4.39 Å². The van der Waals surface area contributed by atoms with E-state index in [-0.39, 0.29) is 17.5 Å². The summed E-state index contributed by atoms with van der Waals surface area (Å²) in [6.07, 6.45) is 0. The van der Waals surface area contributed by atoms with E-state index in [0.29, 0.717) is 23.1 Å². The van der Waals surface area contributed by atoms with Crippen molar-refractivity contribution in [2.24, 2.45) is 0 Å². The van der Waals surface area contributed by atoms with E-state index < -0.39 is 0 Å². The van der Waals surface area contributed by atoms with Gasteiger partial charge in [-0.2, -0.15) is 0 Å². The zero-order valence-corrected chi connectivity index (χ0v) is 16.9. The fourth-order valence-corrected chi connectivity index (χ4v) is 3.80. The minimum atomic E-state index is -0.335. The number of nitrogens with one attached hydrogen (secondary N) is 1. The zero-order valence-electron chi connectivity index (χ0n) is 15.3. The Kier molecular flexibility index (Phi) is 6.94. The molecule has 28 heavy (non-hydrogen) atoms. The lowest BCUT2D eigenvalue weighted by Crippen LogP contribution is -2.27. The molecule has 0 spiro atoms. The molecule has 2 aromatic carbocycles. The van der Waals surface area contributed by atoms with E-state index in [0.717, 1.165) is 5.75 Å². The first-order valence-electron chi connectivity index (χ1n) is 8.58. The van der Waals surface area contributed by atoms with Crippen LogP contribution in [0.5, 0.6) is 0 Å². The average Bonchev–Trinajstić information content (AvgIpc) is 3.06. The maximum absolute atomic E-state index is 13.0. The van der Waals surface area contributed by atoms with Gasteiger partial charge in [-0.1, -0.05) is 29.5 Å². The predicted octanol–water partition coefficient (Wildman–Crippen LogP) is 3.11. The molecule has 0 saturated heterocycles. The minimum absolute atomic E-state index is 0.0964. The van der Waals surface area contributed by atoms with Gasteiger partial charge in [-0.3, -0.25) is 4.79 Å². The number of hydrogen-bond donors (Lipinski definition) is 2. The van der Waals surface area contributed by atoms with E-state index in [9.17, 15) is 9.18 Å². The first-order valence-corrected chi connectivity index (χ1v) is 10.6. The van der Waals surface area contributed by atoms with Crippen LogP contribution in [0.25, 0.3) is 11.4 Å². The van der Waals surface area contributed by atoms with Crippen molar-refractivity contribution in [3.63, 3.8) is 0 Å². The summed E-state index contributed by atoms with van der Waals surface area (Å²) in [7, 11) is 0. The lowest BCUT2D eigenvalue weighted by atomic mass is 10.2. The fourth-order valence-electron chi connectivity index (χ4n) is 2.35. The van der Waals surface area contributed by atoms with Gasteiger partial charge in [0, 0.05) is 22.8 Å². The molecule has 1 heterocycles. The van der Waals surface area contributed by atoms with Crippen molar-refractivity contribution in [3.8, 4) is 11.4 Å². The van der Waals surface area contributed by atoms with Gasteiger partial charge in [-0.05, 0) is 43.3 Å². The number of amides is 1. The number of nitrogens with zero attached hydrogens (tertiary/aromatic N) is 3. The highest BCUT2D eigenvalue weighted by molar-refractivity contribution is 7.99. The third kappa shape index (κ3) is 5.49. The molecule has 1 amide bonds. The Balaban J connectivity index is 1.43. The van der Waals surface area contributed by atoms with Gasteiger partial charge < -0.3 is 11.2 Å². The molecule has 0 atom stereocenters. The second-order valence-corrected chi connectivity index (χ2v) is 8.09. The molecule has 9 heteroatoms. The lowest BCUT2D eigenvalue weighted by Gasteiger charge is -2.06. The number of hydrogen-bond acceptors (Lipinski definition) is 6. The zero-order chi connectivity index (χ0) is 19.9. The van der Waals surface area contributed by atoms with Gasteiger partial charge in [-0.25, -0.2) is 9.07 Å². The van der Waals surface area contributed by atoms with Crippen LogP contribution in [0.1, 0.15) is 5.56 Å². The smallest absolute Gasteiger partial charge is 0.230 e. The minimum Gasteiger partial charge on any atom is -0.355 e. The van der Waals surface area contributed by atoms with Crippen LogP contribution >= 0.6 is 23.5 Å². The first kappa shape index (κ1) is 20.2. The molecule has 0 saturated carbocycles. The molecule has 0 aliphatic heterocycles. The monoisotopic (exact) mass is 417 g/mol. The SMILES string of the molecule is Cc1ccc(SCCNC(=O)CSc2nnc(-c3ccc(F)cc3)n2N)cc1. The average molecular weight is 418 g/mol. The van der Waals surface area contributed by atoms with Crippen LogP contribution in [-0.2, 0) is 4.79 Å².